The fraction of sp³-hybridized carbons (Fsp3) is 0.643. The van der Waals surface area contributed by atoms with Gasteiger partial charge < -0.3 is 21.1 Å². The van der Waals surface area contributed by atoms with Crippen molar-refractivity contribution in [2.75, 3.05) is 37.4 Å². The number of carbonyl (C=O) groups excluding carboxylic acids is 1. The second-order valence-corrected chi connectivity index (χ2v) is 5.87. The number of ether oxygens (including phenoxy) is 1. The van der Waals surface area contributed by atoms with E-state index in [9.17, 15) is 4.79 Å². The van der Waals surface area contributed by atoms with Crippen molar-refractivity contribution in [1.82, 2.24) is 5.32 Å². The van der Waals surface area contributed by atoms with Crippen LogP contribution in [0, 0.1) is 0 Å². The lowest BCUT2D eigenvalue weighted by molar-refractivity contribution is 0.0960. The standard InChI is InChI=1S/C14H23N3O2S/c1-3-16-13(18)12-11(15)10(9-5-6-9)14(20-12)17-7-8-19-4-2/h9,17H,3-8,15H2,1-2H3,(H,16,18). The Labute approximate surface area is 123 Å². The van der Waals surface area contributed by atoms with Crippen molar-refractivity contribution in [3.63, 3.8) is 0 Å². The highest BCUT2D eigenvalue weighted by Crippen LogP contribution is 2.50. The number of nitrogen functional groups attached to an aromatic ring is 1. The highest BCUT2D eigenvalue weighted by molar-refractivity contribution is 7.18. The van der Waals surface area contributed by atoms with Crippen LogP contribution in [0.5, 0.6) is 0 Å². The molecule has 1 fully saturated rings. The molecular weight excluding hydrogens is 274 g/mol. The first-order valence-corrected chi connectivity index (χ1v) is 8.02. The summed E-state index contributed by atoms with van der Waals surface area (Å²) in [6.45, 7) is 6.61. The molecule has 20 heavy (non-hydrogen) atoms. The molecule has 0 atom stereocenters. The van der Waals surface area contributed by atoms with E-state index in [1.54, 1.807) is 0 Å². The lowest BCUT2D eigenvalue weighted by atomic mass is 10.1. The first-order valence-electron chi connectivity index (χ1n) is 7.20. The monoisotopic (exact) mass is 297 g/mol. The van der Waals surface area contributed by atoms with Crippen LogP contribution in [0.2, 0.25) is 0 Å². The van der Waals surface area contributed by atoms with Crippen LogP contribution < -0.4 is 16.4 Å². The number of nitrogens with two attached hydrogens (primary N) is 1. The maximum absolute atomic E-state index is 12.0. The number of carbonyl (C=O) groups is 1. The number of amides is 1. The van der Waals surface area contributed by atoms with E-state index >= 15 is 0 Å². The summed E-state index contributed by atoms with van der Waals surface area (Å²) in [5, 5.41) is 7.21. The van der Waals surface area contributed by atoms with E-state index in [1.165, 1.54) is 11.3 Å². The van der Waals surface area contributed by atoms with Gasteiger partial charge >= 0.3 is 0 Å². The summed E-state index contributed by atoms with van der Waals surface area (Å²) in [7, 11) is 0. The van der Waals surface area contributed by atoms with Crippen molar-refractivity contribution in [1.29, 1.82) is 0 Å². The molecule has 0 radical (unpaired) electrons. The molecule has 0 aromatic carbocycles. The Morgan fingerprint density at radius 3 is 2.80 bits per heavy atom. The van der Waals surface area contributed by atoms with Gasteiger partial charge in [0.2, 0.25) is 0 Å². The Morgan fingerprint density at radius 2 is 2.20 bits per heavy atom. The van der Waals surface area contributed by atoms with Crippen molar-refractivity contribution < 1.29 is 9.53 Å². The molecule has 2 rings (SSSR count). The molecule has 1 saturated carbocycles. The molecule has 0 aliphatic heterocycles. The van der Waals surface area contributed by atoms with E-state index in [0.717, 1.165) is 30.0 Å². The van der Waals surface area contributed by atoms with E-state index in [2.05, 4.69) is 10.6 Å². The topological polar surface area (TPSA) is 76.4 Å². The third-order valence-corrected chi connectivity index (χ3v) is 4.43. The van der Waals surface area contributed by atoms with E-state index in [4.69, 9.17) is 10.5 Å². The number of hydrogen-bond acceptors (Lipinski definition) is 5. The molecule has 112 valence electrons. The van der Waals surface area contributed by atoms with Crippen molar-refractivity contribution >= 4 is 27.9 Å². The molecule has 1 aromatic heterocycles. The number of anilines is 2. The SMILES string of the molecule is CCNC(=O)c1sc(NCCOCC)c(C2CC2)c1N. The maximum atomic E-state index is 12.0. The highest BCUT2D eigenvalue weighted by atomic mass is 32.1. The molecule has 0 bridgehead atoms. The fourth-order valence-corrected chi connectivity index (χ4v) is 3.31. The molecule has 1 aliphatic carbocycles. The van der Waals surface area contributed by atoms with Gasteiger partial charge in [-0.2, -0.15) is 0 Å². The van der Waals surface area contributed by atoms with Crippen LogP contribution in [-0.2, 0) is 4.74 Å². The zero-order valence-electron chi connectivity index (χ0n) is 12.1. The normalized spacial score (nSPS) is 14.3. The average molecular weight is 297 g/mol. The molecular formula is C14H23N3O2S. The second kappa shape index (κ2) is 6.95. The highest BCUT2D eigenvalue weighted by Gasteiger charge is 2.32. The minimum atomic E-state index is -0.0743. The van der Waals surface area contributed by atoms with Crippen LogP contribution in [0.4, 0.5) is 10.7 Å². The van der Waals surface area contributed by atoms with Crippen molar-refractivity contribution in [2.45, 2.75) is 32.6 Å². The predicted molar refractivity (Wildman–Crippen MR) is 83.7 cm³/mol. The maximum Gasteiger partial charge on any atom is 0.263 e. The quantitative estimate of drug-likeness (QED) is 0.644. The largest absolute Gasteiger partial charge is 0.397 e. The summed E-state index contributed by atoms with van der Waals surface area (Å²) in [5.74, 6) is 0.443. The summed E-state index contributed by atoms with van der Waals surface area (Å²) < 4.78 is 5.33. The van der Waals surface area contributed by atoms with Gasteiger partial charge in [-0.25, -0.2) is 0 Å². The Balaban J connectivity index is 2.12. The molecule has 0 spiro atoms. The Bertz CT molecular complexity index is 469. The summed E-state index contributed by atoms with van der Waals surface area (Å²) in [6, 6.07) is 0. The zero-order chi connectivity index (χ0) is 14.5. The van der Waals surface area contributed by atoms with Gasteiger partial charge in [-0.05, 0) is 32.6 Å². The summed E-state index contributed by atoms with van der Waals surface area (Å²) in [6.07, 6.45) is 2.33. The average Bonchev–Trinajstić information content (AvgIpc) is 3.20. The number of thiophene rings is 1. The van der Waals surface area contributed by atoms with Crippen molar-refractivity contribution in [2.24, 2.45) is 0 Å². The van der Waals surface area contributed by atoms with Gasteiger partial charge in [0.05, 0.1) is 17.3 Å². The minimum Gasteiger partial charge on any atom is -0.397 e. The predicted octanol–water partition coefficient (Wildman–Crippen LogP) is 2.41. The Kier molecular flexibility index (Phi) is 5.25. The van der Waals surface area contributed by atoms with E-state index in [1.807, 2.05) is 13.8 Å². The molecule has 1 amide bonds. The van der Waals surface area contributed by atoms with Gasteiger partial charge in [0.15, 0.2) is 0 Å². The Hall–Kier alpha value is -1.27. The third kappa shape index (κ3) is 3.43. The van der Waals surface area contributed by atoms with Gasteiger partial charge in [-0.3, -0.25) is 4.79 Å². The zero-order valence-corrected chi connectivity index (χ0v) is 12.9. The van der Waals surface area contributed by atoms with Crippen LogP contribution >= 0.6 is 11.3 Å². The molecule has 4 N–H and O–H groups in total. The summed E-state index contributed by atoms with van der Waals surface area (Å²) in [4.78, 5) is 12.6. The lowest BCUT2D eigenvalue weighted by Crippen LogP contribution is -2.22. The molecule has 6 heteroatoms. The van der Waals surface area contributed by atoms with Crippen molar-refractivity contribution in [3.8, 4) is 0 Å². The molecule has 0 unspecified atom stereocenters. The van der Waals surface area contributed by atoms with E-state index < -0.39 is 0 Å². The van der Waals surface area contributed by atoms with Gasteiger partial charge in [-0.15, -0.1) is 11.3 Å². The minimum absolute atomic E-state index is 0.0743. The number of rotatable bonds is 8. The molecule has 0 saturated heterocycles. The van der Waals surface area contributed by atoms with Gasteiger partial charge in [-0.1, -0.05) is 0 Å². The molecule has 5 nitrogen and oxygen atoms in total. The van der Waals surface area contributed by atoms with E-state index in [0.29, 0.717) is 36.2 Å². The first-order chi connectivity index (χ1) is 9.69. The molecule has 1 heterocycles. The fourth-order valence-electron chi connectivity index (χ4n) is 2.16. The molecule has 1 aromatic rings. The Morgan fingerprint density at radius 1 is 1.45 bits per heavy atom. The van der Waals surface area contributed by atoms with Gasteiger partial charge in [0, 0.05) is 25.3 Å². The van der Waals surface area contributed by atoms with Crippen LogP contribution in [0.1, 0.15) is 47.8 Å². The summed E-state index contributed by atoms with van der Waals surface area (Å²) >= 11 is 1.46. The smallest absolute Gasteiger partial charge is 0.263 e. The first kappa shape index (κ1) is 15.1. The van der Waals surface area contributed by atoms with Gasteiger partial charge in [0.1, 0.15) is 4.88 Å². The summed E-state index contributed by atoms with van der Waals surface area (Å²) in [5.41, 5.74) is 7.97. The van der Waals surface area contributed by atoms with Crippen LogP contribution in [0.15, 0.2) is 0 Å². The van der Waals surface area contributed by atoms with Crippen LogP contribution in [-0.4, -0.2) is 32.2 Å². The third-order valence-electron chi connectivity index (χ3n) is 3.25. The lowest BCUT2D eigenvalue weighted by Gasteiger charge is -2.07. The number of hydrogen-bond donors (Lipinski definition) is 3. The molecule has 1 aliphatic rings. The number of nitrogens with one attached hydrogen (secondary N) is 2. The second-order valence-electron chi connectivity index (χ2n) is 4.85. The van der Waals surface area contributed by atoms with Gasteiger partial charge in [0.25, 0.3) is 5.91 Å². The van der Waals surface area contributed by atoms with Crippen molar-refractivity contribution in [3.05, 3.63) is 10.4 Å². The van der Waals surface area contributed by atoms with Crippen LogP contribution in [0.25, 0.3) is 0 Å². The van der Waals surface area contributed by atoms with E-state index in [-0.39, 0.29) is 5.91 Å². The van der Waals surface area contributed by atoms with Crippen LogP contribution in [0.3, 0.4) is 0 Å².